The molecule has 1 saturated heterocycles. The van der Waals surface area contributed by atoms with Crippen molar-refractivity contribution in [1.82, 2.24) is 15.6 Å². The Morgan fingerprint density at radius 1 is 1.22 bits per heavy atom. The number of amides is 2. The molecule has 3 atom stereocenters. The molecule has 1 aromatic carbocycles. The lowest BCUT2D eigenvalue weighted by molar-refractivity contribution is -0.128. The summed E-state index contributed by atoms with van der Waals surface area (Å²) in [4.78, 5) is 43.1. The van der Waals surface area contributed by atoms with Crippen molar-refractivity contribution < 1.29 is 27.5 Å². The zero-order valence-electron chi connectivity index (χ0n) is 21.1. The number of nitrogens with one attached hydrogen (secondary N) is 3. The molecule has 0 bridgehead atoms. The number of aromatic nitrogens is 1. The van der Waals surface area contributed by atoms with Gasteiger partial charge in [0.25, 0.3) is 15.9 Å². The maximum atomic E-state index is 13.2. The van der Waals surface area contributed by atoms with Gasteiger partial charge in [0.1, 0.15) is 18.7 Å². The average molecular weight is 549 g/mol. The number of ether oxygens (including phenoxy) is 1. The molecule has 2 aliphatic rings. The standard InChI is InChI=1S/C25H32N4O6S2/c1-15-13-26-24(36-15)37(33,34)29-18-8-6-17(7-9-18)22(31)27-19(12-25(3)10-4-5-11-25)23(32)28-21-16(2)35-14-20(21)30/h6-9,13,16,19,21,29H,4-5,10-12,14H2,1-3H3,(H,27,31)(H,28,32)/t16-,19-,21?/m0/s1. The van der Waals surface area contributed by atoms with Crippen LogP contribution in [-0.4, -0.2) is 55.8 Å². The molecule has 1 aliphatic carbocycles. The van der Waals surface area contributed by atoms with E-state index in [1.807, 2.05) is 0 Å². The van der Waals surface area contributed by atoms with E-state index in [0.29, 0.717) is 6.42 Å². The van der Waals surface area contributed by atoms with Crippen molar-refractivity contribution in [2.75, 3.05) is 11.3 Å². The van der Waals surface area contributed by atoms with Gasteiger partial charge < -0.3 is 15.4 Å². The van der Waals surface area contributed by atoms with Crippen LogP contribution in [0, 0.1) is 12.3 Å². The number of carbonyl (C=O) groups is 3. The Balaban J connectivity index is 1.45. The largest absolute Gasteiger partial charge is 0.368 e. The van der Waals surface area contributed by atoms with E-state index in [-0.39, 0.29) is 33.4 Å². The van der Waals surface area contributed by atoms with Crippen molar-refractivity contribution in [3.8, 4) is 0 Å². The zero-order valence-corrected chi connectivity index (χ0v) is 22.7. The number of aryl methyl sites for hydroxylation is 1. The highest BCUT2D eigenvalue weighted by Gasteiger charge is 2.39. The van der Waals surface area contributed by atoms with Crippen molar-refractivity contribution in [3.63, 3.8) is 0 Å². The van der Waals surface area contributed by atoms with Crippen molar-refractivity contribution >= 4 is 44.6 Å². The van der Waals surface area contributed by atoms with Crippen LogP contribution in [-0.2, 0) is 24.3 Å². The maximum Gasteiger partial charge on any atom is 0.289 e. The number of Topliss-reactive ketones (excluding diaryl/α,β-unsaturated/α-hetero) is 1. The molecule has 1 aromatic heterocycles. The second kappa shape index (κ2) is 10.9. The van der Waals surface area contributed by atoms with Gasteiger partial charge in [-0.15, -0.1) is 11.3 Å². The monoisotopic (exact) mass is 548 g/mol. The molecule has 0 radical (unpaired) electrons. The van der Waals surface area contributed by atoms with E-state index < -0.39 is 40.0 Å². The molecule has 12 heteroatoms. The average Bonchev–Trinajstić information content (AvgIpc) is 3.56. The highest BCUT2D eigenvalue weighted by Crippen LogP contribution is 2.41. The van der Waals surface area contributed by atoms with Crippen molar-refractivity contribution in [3.05, 3.63) is 40.9 Å². The van der Waals surface area contributed by atoms with Gasteiger partial charge in [0.2, 0.25) is 10.2 Å². The number of sulfonamides is 1. The minimum Gasteiger partial charge on any atom is -0.368 e. The van der Waals surface area contributed by atoms with Gasteiger partial charge in [-0.25, -0.2) is 4.98 Å². The molecule has 200 valence electrons. The van der Waals surface area contributed by atoms with Gasteiger partial charge in [-0.3, -0.25) is 19.1 Å². The molecular weight excluding hydrogens is 516 g/mol. The fraction of sp³-hybridized carbons (Fsp3) is 0.520. The Bertz CT molecular complexity index is 1270. The van der Waals surface area contributed by atoms with Gasteiger partial charge in [-0.2, -0.15) is 8.42 Å². The third-order valence-electron chi connectivity index (χ3n) is 6.96. The van der Waals surface area contributed by atoms with E-state index >= 15 is 0 Å². The second-order valence-electron chi connectivity index (χ2n) is 10.1. The lowest BCUT2D eigenvalue weighted by Gasteiger charge is -2.30. The van der Waals surface area contributed by atoms with E-state index in [1.165, 1.54) is 30.5 Å². The van der Waals surface area contributed by atoms with Crippen molar-refractivity contribution in [1.29, 1.82) is 0 Å². The first kappa shape index (κ1) is 27.2. The van der Waals surface area contributed by atoms with E-state index in [0.717, 1.165) is 41.9 Å². The first-order chi connectivity index (χ1) is 17.5. The SMILES string of the molecule is Cc1cnc(S(=O)(=O)Nc2ccc(C(=O)N[C@@H](CC3(C)CCCC3)C(=O)NC3C(=O)CO[C@H]3C)cc2)s1. The summed E-state index contributed by atoms with van der Waals surface area (Å²) in [7, 11) is -3.83. The molecule has 2 heterocycles. The zero-order chi connectivity index (χ0) is 26.8. The van der Waals surface area contributed by atoms with Crippen LogP contribution in [0.4, 0.5) is 5.69 Å². The van der Waals surface area contributed by atoms with E-state index in [2.05, 4.69) is 27.3 Å². The summed E-state index contributed by atoms with van der Waals surface area (Å²) in [5.41, 5.74) is 0.467. The smallest absolute Gasteiger partial charge is 0.289 e. The Kier molecular flexibility index (Phi) is 8.00. The van der Waals surface area contributed by atoms with Gasteiger partial charge in [0.15, 0.2) is 5.78 Å². The number of rotatable bonds is 9. The maximum absolute atomic E-state index is 13.2. The Hall–Kier alpha value is -2.83. The number of thiazole rings is 1. The lowest BCUT2D eigenvalue weighted by Crippen LogP contribution is -2.54. The highest BCUT2D eigenvalue weighted by atomic mass is 32.2. The second-order valence-corrected chi connectivity index (χ2v) is 13.2. The number of hydrogen-bond donors (Lipinski definition) is 3. The van der Waals surface area contributed by atoms with Crippen LogP contribution < -0.4 is 15.4 Å². The van der Waals surface area contributed by atoms with E-state index in [4.69, 9.17) is 4.74 Å². The summed E-state index contributed by atoms with van der Waals surface area (Å²) in [6, 6.07) is 4.37. The topological polar surface area (TPSA) is 144 Å². The Morgan fingerprint density at radius 3 is 2.46 bits per heavy atom. The summed E-state index contributed by atoms with van der Waals surface area (Å²) in [5, 5.41) is 5.60. The first-order valence-corrected chi connectivity index (χ1v) is 14.6. The first-order valence-electron chi connectivity index (χ1n) is 12.3. The van der Waals surface area contributed by atoms with Gasteiger partial charge >= 0.3 is 0 Å². The summed E-state index contributed by atoms with van der Waals surface area (Å²) in [6.07, 6.45) is 5.57. The number of nitrogens with zero attached hydrogens (tertiary/aromatic N) is 1. The van der Waals surface area contributed by atoms with Gasteiger partial charge in [-0.1, -0.05) is 19.8 Å². The number of ketones is 1. The molecule has 2 fully saturated rings. The van der Waals surface area contributed by atoms with Crippen LogP contribution >= 0.6 is 11.3 Å². The fourth-order valence-electron chi connectivity index (χ4n) is 4.84. The van der Waals surface area contributed by atoms with Crippen LogP contribution in [0.2, 0.25) is 0 Å². The predicted molar refractivity (Wildman–Crippen MR) is 139 cm³/mol. The minimum absolute atomic E-state index is 0.0402. The van der Waals surface area contributed by atoms with Crippen molar-refractivity contribution in [2.24, 2.45) is 5.41 Å². The van der Waals surface area contributed by atoms with Gasteiger partial charge in [0.05, 0.1) is 6.10 Å². The van der Waals surface area contributed by atoms with Crippen molar-refractivity contribution in [2.45, 2.75) is 75.4 Å². The summed E-state index contributed by atoms with van der Waals surface area (Å²) in [5.74, 6) is -1.07. The minimum atomic E-state index is -3.83. The fourth-order valence-corrected chi connectivity index (χ4v) is 7.01. The number of anilines is 1. The molecule has 2 aromatic rings. The quantitative estimate of drug-likeness (QED) is 0.437. The molecule has 2 amide bonds. The third-order valence-corrected chi connectivity index (χ3v) is 9.65. The van der Waals surface area contributed by atoms with Crippen LogP contribution in [0.5, 0.6) is 0 Å². The Labute approximate surface area is 220 Å². The molecule has 4 rings (SSSR count). The molecule has 37 heavy (non-hydrogen) atoms. The summed E-state index contributed by atoms with van der Waals surface area (Å²) in [6.45, 7) is 5.57. The summed E-state index contributed by atoms with van der Waals surface area (Å²) < 4.78 is 32.8. The van der Waals surface area contributed by atoms with Crippen LogP contribution in [0.1, 0.15) is 61.2 Å². The van der Waals surface area contributed by atoms with Crippen LogP contribution in [0.15, 0.2) is 34.8 Å². The van der Waals surface area contributed by atoms with Crippen LogP contribution in [0.3, 0.4) is 0 Å². The molecule has 0 spiro atoms. The van der Waals surface area contributed by atoms with Gasteiger partial charge in [0, 0.05) is 22.3 Å². The molecule has 10 nitrogen and oxygen atoms in total. The number of carbonyl (C=O) groups excluding carboxylic acids is 3. The normalized spacial score (nSPS) is 22.0. The number of benzene rings is 1. The molecule has 1 saturated carbocycles. The van der Waals surface area contributed by atoms with E-state index in [1.54, 1.807) is 13.8 Å². The Morgan fingerprint density at radius 2 is 1.89 bits per heavy atom. The van der Waals surface area contributed by atoms with E-state index in [9.17, 15) is 22.8 Å². The summed E-state index contributed by atoms with van der Waals surface area (Å²) >= 11 is 1.06. The molecule has 1 aliphatic heterocycles. The predicted octanol–water partition coefficient (Wildman–Crippen LogP) is 2.79. The lowest BCUT2D eigenvalue weighted by atomic mass is 9.81. The van der Waals surface area contributed by atoms with Crippen LogP contribution in [0.25, 0.3) is 0 Å². The third kappa shape index (κ3) is 6.55. The highest BCUT2D eigenvalue weighted by molar-refractivity contribution is 7.94. The van der Waals surface area contributed by atoms with Gasteiger partial charge in [-0.05, 0) is 62.8 Å². The number of hydrogen-bond acceptors (Lipinski definition) is 8. The molecule has 1 unspecified atom stereocenters. The molecule has 3 N–H and O–H groups in total. The molecular formula is C25H32N4O6S2.